The minimum absolute atomic E-state index is 0.0236. The van der Waals surface area contributed by atoms with Crippen molar-refractivity contribution in [2.24, 2.45) is 0 Å². The van der Waals surface area contributed by atoms with Crippen molar-refractivity contribution in [3.05, 3.63) is 88.2 Å². The van der Waals surface area contributed by atoms with Crippen molar-refractivity contribution in [2.45, 2.75) is 32.0 Å². The lowest BCUT2D eigenvalue weighted by Gasteiger charge is -2.21. The standard InChI is InChI=1S/C29H30BFN4O6/c1-16(15-41-29(39)33-20-6-4-5-17(9-20)14-35(2)30)21-8-7-18(11-25(21)40-3)26(28(37)38)34-24-12-22-19(10-23(24)31)13-32-27(22)36/h4-12,16,26,34H,13-15H2,1-3H3,(H,32,36)(H,33,39)(H,37,38)/t16-,26?/m0/s1. The number of hydrogen-bond acceptors (Lipinski definition) is 7. The van der Waals surface area contributed by atoms with Crippen LogP contribution in [-0.4, -0.2) is 56.6 Å². The van der Waals surface area contributed by atoms with Gasteiger partial charge in [0.15, 0.2) is 14.0 Å². The third-order valence-electron chi connectivity index (χ3n) is 6.62. The Hall–Kier alpha value is -4.58. The summed E-state index contributed by atoms with van der Waals surface area (Å²) in [5.74, 6) is -2.19. The SMILES string of the molecule is [B]N(C)Cc1cccc(NC(=O)OC[C@H](C)c2ccc(C(Nc3cc4c(cc3F)CNC4=O)C(=O)O)cc2OC)c1. The molecular weight excluding hydrogens is 530 g/mol. The number of carbonyl (C=O) groups excluding carboxylic acids is 2. The van der Waals surface area contributed by atoms with Crippen molar-refractivity contribution < 1.29 is 33.4 Å². The van der Waals surface area contributed by atoms with Gasteiger partial charge in [0.2, 0.25) is 0 Å². The lowest BCUT2D eigenvalue weighted by molar-refractivity contribution is -0.138. The molecule has 3 aromatic carbocycles. The summed E-state index contributed by atoms with van der Waals surface area (Å²) in [4.78, 5) is 38.1. The number of nitrogens with zero attached hydrogens (tertiary/aromatic N) is 1. The fourth-order valence-electron chi connectivity index (χ4n) is 4.59. The number of carboxylic acid groups (broad SMARTS) is 1. The van der Waals surface area contributed by atoms with Crippen LogP contribution in [0.3, 0.4) is 0 Å². The highest BCUT2D eigenvalue weighted by atomic mass is 19.1. The van der Waals surface area contributed by atoms with Crippen LogP contribution < -0.4 is 20.7 Å². The molecule has 1 heterocycles. The van der Waals surface area contributed by atoms with Crippen molar-refractivity contribution in [3.8, 4) is 5.75 Å². The Morgan fingerprint density at radius 3 is 2.68 bits per heavy atom. The number of carboxylic acids is 1. The van der Waals surface area contributed by atoms with E-state index in [2.05, 4.69) is 16.0 Å². The number of benzene rings is 3. The van der Waals surface area contributed by atoms with E-state index in [0.29, 0.717) is 40.2 Å². The van der Waals surface area contributed by atoms with Crippen molar-refractivity contribution in [1.82, 2.24) is 10.1 Å². The molecule has 2 amide bonds. The van der Waals surface area contributed by atoms with E-state index >= 15 is 0 Å². The van der Waals surface area contributed by atoms with Crippen LogP contribution in [0, 0.1) is 5.82 Å². The topological polar surface area (TPSA) is 129 Å². The summed E-state index contributed by atoms with van der Waals surface area (Å²) >= 11 is 0. The predicted molar refractivity (Wildman–Crippen MR) is 152 cm³/mol. The molecular formula is C29H30BFN4O6. The fourth-order valence-corrected chi connectivity index (χ4v) is 4.59. The van der Waals surface area contributed by atoms with Gasteiger partial charge in [-0.25, -0.2) is 14.0 Å². The Morgan fingerprint density at radius 2 is 1.98 bits per heavy atom. The van der Waals surface area contributed by atoms with E-state index in [4.69, 9.17) is 17.5 Å². The third kappa shape index (κ3) is 7.15. The van der Waals surface area contributed by atoms with E-state index in [9.17, 15) is 23.9 Å². The Labute approximate surface area is 238 Å². The van der Waals surface area contributed by atoms with Gasteiger partial charge in [0.25, 0.3) is 5.91 Å². The van der Waals surface area contributed by atoms with Crippen LogP contribution in [0.1, 0.15) is 51.5 Å². The highest BCUT2D eigenvalue weighted by molar-refractivity contribution is 6.04. The van der Waals surface area contributed by atoms with Crippen LogP contribution in [0.15, 0.2) is 54.6 Å². The Morgan fingerprint density at radius 1 is 1.20 bits per heavy atom. The van der Waals surface area contributed by atoms with Gasteiger partial charge >= 0.3 is 12.1 Å². The first-order chi connectivity index (χ1) is 19.5. The van der Waals surface area contributed by atoms with Crippen LogP contribution in [0.25, 0.3) is 0 Å². The van der Waals surface area contributed by atoms with Crippen LogP contribution >= 0.6 is 0 Å². The number of aliphatic carboxylic acids is 1. The van der Waals surface area contributed by atoms with E-state index in [0.717, 1.165) is 5.56 Å². The predicted octanol–water partition coefficient (Wildman–Crippen LogP) is 4.18. The van der Waals surface area contributed by atoms with Gasteiger partial charge in [-0.2, -0.15) is 0 Å². The zero-order valence-corrected chi connectivity index (χ0v) is 22.9. The second-order valence-electron chi connectivity index (χ2n) is 9.83. The summed E-state index contributed by atoms with van der Waals surface area (Å²) < 4.78 is 25.6. The molecule has 1 aliphatic rings. The molecule has 3 aromatic rings. The molecule has 4 N–H and O–H groups in total. The number of fused-ring (bicyclic) bond motifs is 1. The van der Waals surface area contributed by atoms with Gasteiger partial charge in [-0.3, -0.25) is 10.1 Å². The van der Waals surface area contributed by atoms with Gasteiger partial charge in [-0.05, 0) is 54.1 Å². The molecule has 10 nitrogen and oxygen atoms in total. The van der Waals surface area contributed by atoms with E-state index < -0.39 is 23.9 Å². The molecule has 12 heteroatoms. The summed E-state index contributed by atoms with van der Waals surface area (Å²) in [6.07, 6.45) is -0.633. The van der Waals surface area contributed by atoms with Crippen molar-refractivity contribution in [2.75, 3.05) is 31.4 Å². The van der Waals surface area contributed by atoms with Crippen LogP contribution in [0.2, 0.25) is 0 Å². The highest BCUT2D eigenvalue weighted by Gasteiger charge is 2.26. The smallest absolute Gasteiger partial charge is 0.411 e. The van der Waals surface area contributed by atoms with Gasteiger partial charge in [0.1, 0.15) is 11.6 Å². The molecule has 0 spiro atoms. The molecule has 212 valence electrons. The maximum absolute atomic E-state index is 14.7. The molecule has 0 aromatic heterocycles. The number of rotatable bonds is 11. The number of hydrogen-bond donors (Lipinski definition) is 4. The number of nitrogens with one attached hydrogen (secondary N) is 3. The van der Waals surface area contributed by atoms with E-state index in [1.807, 2.05) is 13.0 Å². The minimum Gasteiger partial charge on any atom is -0.496 e. The second-order valence-corrected chi connectivity index (χ2v) is 9.83. The summed E-state index contributed by atoms with van der Waals surface area (Å²) in [6, 6.07) is 13.2. The van der Waals surface area contributed by atoms with Gasteiger partial charge < -0.3 is 30.0 Å². The van der Waals surface area contributed by atoms with Crippen molar-refractivity contribution in [3.63, 3.8) is 0 Å². The molecule has 1 unspecified atom stereocenters. The number of halogens is 1. The molecule has 4 rings (SSSR count). The Kier molecular flexibility index (Phi) is 9.13. The molecule has 0 aliphatic carbocycles. The van der Waals surface area contributed by atoms with Gasteiger partial charge in [-0.15, -0.1) is 0 Å². The van der Waals surface area contributed by atoms with Gasteiger partial charge in [0.05, 0.1) is 19.4 Å². The summed E-state index contributed by atoms with van der Waals surface area (Å²) in [7, 11) is 8.87. The quantitative estimate of drug-likeness (QED) is 0.257. The highest BCUT2D eigenvalue weighted by Crippen LogP contribution is 2.33. The maximum atomic E-state index is 14.7. The molecule has 0 saturated carbocycles. The van der Waals surface area contributed by atoms with Crippen LogP contribution in [0.4, 0.5) is 20.6 Å². The van der Waals surface area contributed by atoms with E-state index in [-0.39, 0.29) is 30.7 Å². The molecule has 2 atom stereocenters. The van der Waals surface area contributed by atoms with E-state index in [1.54, 1.807) is 37.4 Å². The Balaban J connectivity index is 1.44. The lowest BCUT2D eigenvalue weighted by atomic mass is 9.96. The van der Waals surface area contributed by atoms with Crippen molar-refractivity contribution in [1.29, 1.82) is 0 Å². The first-order valence-electron chi connectivity index (χ1n) is 12.8. The first kappa shape index (κ1) is 29.4. The first-order valence-corrected chi connectivity index (χ1v) is 12.8. The normalized spacial score (nSPS) is 13.6. The van der Waals surface area contributed by atoms with Gasteiger partial charge in [0, 0.05) is 35.8 Å². The van der Waals surface area contributed by atoms with Crippen LogP contribution in [-0.2, 0) is 22.6 Å². The zero-order chi connectivity index (χ0) is 29.7. The molecule has 41 heavy (non-hydrogen) atoms. The molecule has 0 bridgehead atoms. The fraction of sp³-hybridized carbons (Fsp3) is 0.276. The average molecular weight is 560 g/mol. The summed E-state index contributed by atoms with van der Waals surface area (Å²) in [5.41, 5.74) is 3.16. The maximum Gasteiger partial charge on any atom is 0.411 e. The number of ether oxygens (including phenoxy) is 2. The lowest BCUT2D eigenvalue weighted by Crippen LogP contribution is -2.22. The van der Waals surface area contributed by atoms with E-state index in [1.165, 1.54) is 30.1 Å². The number of amides is 2. The molecule has 0 saturated heterocycles. The molecule has 1 aliphatic heterocycles. The summed E-state index contributed by atoms with van der Waals surface area (Å²) in [6.45, 7) is 2.58. The molecule has 2 radical (unpaired) electrons. The monoisotopic (exact) mass is 560 g/mol. The molecule has 0 fully saturated rings. The minimum atomic E-state index is -1.33. The van der Waals surface area contributed by atoms with Gasteiger partial charge in [-0.1, -0.05) is 31.2 Å². The number of carbonyl (C=O) groups is 3. The number of methoxy groups -OCH3 is 1. The Bertz CT molecular complexity index is 1470. The zero-order valence-electron chi connectivity index (χ0n) is 22.9. The number of anilines is 2. The average Bonchev–Trinajstić information content (AvgIpc) is 3.28. The largest absolute Gasteiger partial charge is 0.496 e. The third-order valence-corrected chi connectivity index (χ3v) is 6.62. The van der Waals surface area contributed by atoms with Crippen LogP contribution in [0.5, 0.6) is 5.75 Å². The second kappa shape index (κ2) is 12.7. The summed E-state index contributed by atoms with van der Waals surface area (Å²) in [5, 5.41) is 17.9. The van der Waals surface area contributed by atoms with Crippen molar-refractivity contribution >= 4 is 37.3 Å².